The average molecular weight is 480 g/mol. The second kappa shape index (κ2) is 10.0. The smallest absolute Gasteiger partial charge is 0.224 e. The van der Waals surface area contributed by atoms with Crippen molar-refractivity contribution in [2.45, 2.75) is 45.6 Å². The highest BCUT2D eigenvalue weighted by Crippen LogP contribution is 2.47. The number of rotatable bonds is 5. The third kappa shape index (κ3) is 4.30. The number of carbonyl (C=O) groups is 2. The van der Waals surface area contributed by atoms with Gasteiger partial charge < -0.3 is 10.2 Å². The number of amides is 1. The molecule has 36 heavy (non-hydrogen) atoms. The second-order valence-corrected chi connectivity index (χ2v) is 9.53. The van der Waals surface area contributed by atoms with E-state index < -0.39 is 6.04 Å². The van der Waals surface area contributed by atoms with E-state index in [0.717, 1.165) is 42.1 Å². The summed E-state index contributed by atoms with van der Waals surface area (Å²) in [6.45, 7) is 7.82. The number of para-hydroxylation sites is 2. The topological polar surface area (TPSA) is 52.7 Å². The maximum Gasteiger partial charge on any atom is 0.224 e. The number of allylic oxidation sites excluding steroid dienone is 1. The summed E-state index contributed by atoms with van der Waals surface area (Å²) in [6.07, 6.45) is 1.14. The van der Waals surface area contributed by atoms with Crippen LogP contribution in [-0.4, -0.2) is 24.8 Å². The number of hydrogen-bond donors (Lipinski definition) is 1. The van der Waals surface area contributed by atoms with Gasteiger partial charge in [-0.25, -0.2) is 0 Å². The molecule has 0 spiro atoms. The molecule has 0 unspecified atom stereocenters. The predicted molar refractivity (Wildman–Crippen MR) is 146 cm³/mol. The quantitative estimate of drug-likeness (QED) is 0.457. The highest BCUT2D eigenvalue weighted by atomic mass is 16.2. The molecule has 5 rings (SSSR count). The van der Waals surface area contributed by atoms with E-state index >= 15 is 0 Å². The largest absolute Gasteiger partial charge is 0.372 e. The van der Waals surface area contributed by atoms with Gasteiger partial charge in [0.25, 0.3) is 0 Å². The zero-order valence-corrected chi connectivity index (χ0v) is 21.2. The van der Waals surface area contributed by atoms with E-state index in [1.165, 1.54) is 11.3 Å². The molecule has 1 heterocycles. The Bertz CT molecular complexity index is 1290. The van der Waals surface area contributed by atoms with E-state index in [2.05, 4.69) is 48.3 Å². The van der Waals surface area contributed by atoms with E-state index in [0.29, 0.717) is 12.0 Å². The first kappa shape index (κ1) is 23.9. The number of ketones is 1. The Morgan fingerprint density at radius 3 is 2.22 bits per heavy atom. The van der Waals surface area contributed by atoms with Crippen LogP contribution in [-0.2, 0) is 9.59 Å². The number of benzene rings is 3. The van der Waals surface area contributed by atoms with E-state index in [4.69, 9.17) is 0 Å². The third-order valence-electron chi connectivity index (χ3n) is 7.44. The van der Waals surface area contributed by atoms with Crippen LogP contribution in [0.2, 0.25) is 0 Å². The molecule has 2 atom stereocenters. The van der Waals surface area contributed by atoms with Crippen molar-refractivity contribution in [1.29, 1.82) is 0 Å². The van der Waals surface area contributed by atoms with Gasteiger partial charge in [-0.2, -0.15) is 0 Å². The van der Waals surface area contributed by atoms with E-state index in [9.17, 15) is 9.59 Å². The summed E-state index contributed by atoms with van der Waals surface area (Å²) in [7, 11) is 0. The molecule has 0 bridgehead atoms. The zero-order valence-electron chi connectivity index (χ0n) is 21.2. The molecule has 0 aromatic heterocycles. The Hall–Kier alpha value is -3.86. The second-order valence-electron chi connectivity index (χ2n) is 9.53. The Morgan fingerprint density at radius 2 is 1.56 bits per heavy atom. The summed E-state index contributed by atoms with van der Waals surface area (Å²) in [5.74, 6) is 0.0882. The first-order chi connectivity index (χ1) is 17.5. The lowest BCUT2D eigenvalue weighted by Crippen LogP contribution is -2.37. The molecule has 2 aliphatic rings. The minimum atomic E-state index is -0.464. The van der Waals surface area contributed by atoms with Crippen molar-refractivity contribution in [3.05, 3.63) is 101 Å². The number of nitrogens with zero attached hydrogens (tertiary/aromatic N) is 2. The van der Waals surface area contributed by atoms with Crippen LogP contribution in [0.25, 0.3) is 0 Å². The number of nitrogens with one attached hydrogen (secondary N) is 1. The van der Waals surface area contributed by atoms with Crippen molar-refractivity contribution >= 4 is 28.8 Å². The van der Waals surface area contributed by atoms with Crippen LogP contribution < -0.4 is 15.1 Å². The highest BCUT2D eigenvalue weighted by molar-refractivity contribution is 6.06. The molecule has 1 amide bonds. The number of anilines is 3. The summed E-state index contributed by atoms with van der Waals surface area (Å²) in [5, 5.41) is 3.58. The van der Waals surface area contributed by atoms with Crippen LogP contribution in [0, 0.1) is 0 Å². The summed E-state index contributed by atoms with van der Waals surface area (Å²) in [5.41, 5.74) is 6.57. The first-order valence-corrected chi connectivity index (χ1v) is 12.8. The fraction of sp³-hybridized carbons (Fsp3) is 0.290. The van der Waals surface area contributed by atoms with Crippen LogP contribution in [0.15, 0.2) is 90.1 Å². The number of Topliss-reactive ketones (excluding diaryl/α,β-unsaturated/α-hetero) is 1. The minimum absolute atomic E-state index is 0.0852. The van der Waals surface area contributed by atoms with Crippen molar-refractivity contribution in [3.63, 3.8) is 0 Å². The zero-order chi connectivity index (χ0) is 25.2. The molecule has 5 nitrogen and oxygen atoms in total. The summed E-state index contributed by atoms with van der Waals surface area (Å²) in [6, 6.07) is 25.9. The lowest BCUT2D eigenvalue weighted by atomic mass is 9.78. The molecule has 1 aliphatic carbocycles. The Balaban J connectivity index is 1.59. The van der Waals surface area contributed by atoms with Crippen molar-refractivity contribution in [3.8, 4) is 0 Å². The van der Waals surface area contributed by atoms with E-state index in [1.54, 1.807) is 11.8 Å². The Morgan fingerprint density at radius 1 is 0.889 bits per heavy atom. The van der Waals surface area contributed by atoms with Crippen molar-refractivity contribution in [1.82, 2.24) is 0 Å². The summed E-state index contributed by atoms with van der Waals surface area (Å²) >= 11 is 0. The van der Waals surface area contributed by atoms with Gasteiger partial charge in [0.2, 0.25) is 5.91 Å². The third-order valence-corrected chi connectivity index (χ3v) is 7.44. The molecular weight excluding hydrogens is 446 g/mol. The van der Waals surface area contributed by atoms with Crippen molar-refractivity contribution in [2.24, 2.45) is 0 Å². The molecular formula is C31H33N3O2. The van der Waals surface area contributed by atoms with Crippen molar-refractivity contribution in [2.75, 3.05) is 28.2 Å². The molecule has 5 heteroatoms. The molecule has 0 fully saturated rings. The van der Waals surface area contributed by atoms with Gasteiger partial charge in [0.05, 0.1) is 17.4 Å². The number of fused-ring (bicyclic) bond motifs is 1. The highest BCUT2D eigenvalue weighted by Gasteiger charge is 2.40. The molecule has 0 radical (unpaired) electrons. The van der Waals surface area contributed by atoms with Gasteiger partial charge >= 0.3 is 0 Å². The fourth-order valence-corrected chi connectivity index (χ4v) is 5.67. The SMILES string of the molecule is CCN(CC)c1ccc([C@@H]2CC(=O)C3=C(C2)Nc2ccccc2N(C(C)=O)[C@H]3c2ccccc2)cc1. The Kier molecular flexibility index (Phi) is 6.64. The van der Waals surface area contributed by atoms with E-state index in [-0.39, 0.29) is 17.6 Å². The normalized spacial score (nSPS) is 19.2. The molecule has 184 valence electrons. The summed E-state index contributed by atoms with van der Waals surface area (Å²) in [4.78, 5) is 31.0. The van der Waals surface area contributed by atoms with Gasteiger partial charge in [-0.15, -0.1) is 0 Å². The molecule has 1 N–H and O–H groups in total. The lowest BCUT2D eigenvalue weighted by molar-refractivity contribution is -0.117. The number of carbonyl (C=O) groups excluding carboxylic acids is 2. The maximum absolute atomic E-state index is 13.9. The minimum Gasteiger partial charge on any atom is -0.372 e. The van der Waals surface area contributed by atoms with Crippen LogP contribution in [0.1, 0.15) is 56.7 Å². The van der Waals surface area contributed by atoms with Gasteiger partial charge in [0, 0.05) is 43.4 Å². The van der Waals surface area contributed by atoms with Gasteiger partial charge in [0.15, 0.2) is 5.78 Å². The molecule has 1 aliphatic heterocycles. The van der Waals surface area contributed by atoms with Gasteiger partial charge in [-0.3, -0.25) is 14.5 Å². The first-order valence-electron chi connectivity index (χ1n) is 12.8. The Labute approximate surface area is 213 Å². The standard InChI is InChI=1S/C31H33N3O2/c1-4-33(5-2)25-17-15-22(16-18-25)24-19-27-30(29(36)20-24)31(23-11-7-6-8-12-23)34(21(3)35)28-14-10-9-13-26(28)32-27/h6-18,24,31-32H,4-5,19-20H2,1-3H3/t24-,31-/m0/s1. The predicted octanol–water partition coefficient (Wildman–Crippen LogP) is 6.45. The van der Waals surface area contributed by atoms with Crippen LogP contribution in [0.4, 0.5) is 17.1 Å². The van der Waals surface area contributed by atoms with Crippen LogP contribution >= 0.6 is 0 Å². The van der Waals surface area contributed by atoms with E-state index in [1.807, 2.05) is 54.6 Å². The molecule has 0 saturated carbocycles. The lowest BCUT2D eigenvalue weighted by Gasteiger charge is -2.34. The summed E-state index contributed by atoms with van der Waals surface area (Å²) < 4.78 is 0. The number of hydrogen-bond acceptors (Lipinski definition) is 4. The average Bonchev–Trinajstić information content (AvgIpc) is 3.05. The van der Waals surface area contributed by atoms with Gasteiger partial charge in [0.1, 0.15) is 0 Å². The monoisotopic (exact) mass is 479 g/mol. The fourth-order valence-electron chi connectivity index (χ4n) is 5.67. The molecule has 3 aromatic carbocycles. The van der Waals surface area contributed by atoms with Crippen molar-refractivity contribution < 1.29 is 9.59 Å². The van der Waals surface area contributed by atoms with Gasteiger partial charge in [-0.1, -0.05) is 54.6 Å². The van der Waals surface area contributed by atoms with Crippen LogP contribution in [0.3, 0.4) is 0 Å². The molecule has 0 saturated heterocycles. The van der Waals surface area contributed by atoms with Crippen LogP contribution in [0.5, 0.6) is 0 Å². The van der Waals surface area contributed by atoms with Gasteiger partial charge in [-0.05, 0) is 61.6 Å². The molecule has 3 aromatic rings. The maximum atomic E-state index is 13.9.